The summed E-state index contributed by atoms with van der Waals surface area (Å²) in [5.41, 5.74) is 2.24. The lowest BCUT2D eigenvalue weighted by Gasteiger charge is -2.21. The number of anilines is 1. The predicted octanol–water partition coefficient (Wildman–Crippen LogP) is 3.61. The molecule has 3 rings (SSSR count). The zero-order valence-corrected chi connectivity index (χ0v) is 9.71. The number of nitrogens with zero attached hydrogens (tertiary/aromatic N) is 2. The standard InChI is InChI=1S/C14H14N2O/c1-11-10-13(14-8-5-9-17-14)16(15-11)12-6-3-2-4-7-12/h2-9,13H,10H2,1H3/t13-/m1/s1. The highest BCUT2D eigenvalue weighted by Crippen LogP contribution is 2.34. The van der Waals surface area contributed by atoms with E-state index in [0.29, 0.717) is 0 Å². The molecule has 1 atom stereocenters. The first-order valence-electron chi connectivity index (χ1n) is 5.76. The number of benzene rings is 1. The summed E-state index contributed by atoms with van der Waals surface area (Å²) < 4.78 is 5.50. The van der Waals surface area contributed by atoms with Gasteiger partial charge in [0.05, 0.1) is 12.0 Å². The molecule has 2 aromatic rings. The van der Waals surface area contributed by atoms with Crippen LogP contribution < -0.4 is 5.01 Å². The number of para-hydroxylation sites is 1. The van der Waals surface area contributed by atoms with Gasteiger partial charge in [-0.25, -0.2) is 0 Å². The fourth-order valence-corrected chi connectivity index (χ4v) is 2.18. The van der Waals surface area contributed by atoms with Gasteiger partial charge in [0, 0.05) is 12.1 Å². The minimum atomic E-state index is 0.187. The summed E-state index contributed by atoms with van der Waals surface area (Å²) in [4.78, 5) is 0. The quantitative estimate of drug-likeness (QED) is 0.782. The van der Waals surface area contributed by atoms with Gasteiger partial charge in [-0.15, -0.1) is 0 Å². The molecule has 2 heterocycles. The van der Waals surface area contributed by atoms with Gasteiger partial charge in [0.25, 0.3) is 0 Å². The summed E-state index contributed by atoms with van der Waals surface area (Å²) in [6.45, 7) is 2.05. The maximum Gasteiger partial charge on any atom is 0.128 e. The van der Waals surface area contributed by atoms with Crippen LogP contribution in [0.3, 0.4) is 0 Å². The highest BCUT2D eigenvalue weighted by atomic mass is 16.3. The zero-order valence-electron chi connectivity index (χ0n) is 9.71. The number of hydrogen-bond donors (Lipinski definition) is 0. The Kier molecular flexibility index (Phi) is 2.44. The molecule has 0 amide bonds. The Morgan fingerprint density at radius 3 is 2.71 bits per heavy atom. The van der Waals surface area contributed by atoms with Crippen molar-refractivity contribution in [3.63, 3.8) is 0 Å². The molecular weight excluding hydrogens is 212 g/mol. The Morgan fingerprint density at radius 1 is 1.18 bits per heavy atom. The SMILES string of the molecule is CC1=NN(c2ccccc2)[C@@H](c2ccco2)C1. The summed E-state index contributed by atoms with van der Waals surface area (Å²) in [7, 11) is 0. The normalized spacial score (nSPS) is 19.5. The van der Waals surface area contributed by atoms with E-state index in [-0.39, 0.29) is 6.04 Å². The lowest BCUT2D eigenvalue weighted by atomic mass is 10.1. The third kappa shape index (κ3) is 1.84. The number of furan rings is 1. The zero-order chi connectivity index (χ0) is 11.7. The highest BCUT2D eigenvalue weighted by molar-refractivity contribution is 5.86. The predicted molar refractivity (Wildman–Crippen MR) is 68.1 cm³/mol. The number of hydrazone groups is 1. The van der Waals surface area contributed by atoms with Crippen LogP contribution in [0.15, 0.2) is 58.2 Å². The monoisotopic (exact) mass is 226 g/mol. The van der Waals surface area contributed by atoms with Crippen LogP contribution in [0.25, 0.3) is 0 Å². The van der Waals surface area contributed by atoms with Gasteiger partial charge >= 0.3 is 0 Å². The topological polar surface area (TPSA) is 28.7 Å². The van der Waals surface area contributed by atoms with Crippen molar-refractivity contribution in [2.45, 2.75) is 19.4 Å². The molecule has 0 radical (unpaired) electrons. The molecule has 17 heavy (non-hydrogen) atoms. The van der Waals surface area contributed by atoms with E-state index < -0.39 is 0 Å². The second kappa shape index (κ2) is 4.09. The van der Waals surface area contributed by atoms with Gasteiger partial charge in [-0.05, 0) is 31.2 Å². The maximum atomic E-state index is 5.50. The third-order valence-corrected chi connectivity index (χ3v) is 2.95. The molecule has 0 bridgehead atoms. The molecule has 86 valence electrons. The second-order valence-electron chi connectivity index (χ2n) is 4.25. The summed E-state index contributed by atoms with van der Waals surface area (Å²) in [5, 5.41) is 6.62. The lowest BCUT2D eigenvalue weighted by molar-refractivity contribution is 0.465. The fraction of sp³-hybridized carbons (Fsp3) is 0.214. The van der Waals surface area contributed by atoms with Crippen molar-refractivity contribution in [1.29, 1.82) is 0 Å². The van der Waals surface area contributed by atoms with Crippen LogP contribution in [0.2, 0.25) is 0 Å². The summed E-state index contributed by atoms with van der Waals surface area (Å²) in [5.74, 6) is 0.967. The molecule has 3 nitrogen and oxygen atoms in total. The molecule has 1 aromatic carbocycles. The summed E-state index contributed by atoms with van der Waals surface area (Å²) >= 11 is 0. The molecule has 1 aromatic heterocycles. The van der Waals surface area contributed by atoms with Gasteiger partial charge in [-0.3, -0.25) is 5.01 Å². The van der Waals surface area contributed by atoms with Gasteiger partial charge in [0.1, 0.15) is 11.8 Å². The second-order valence-corrected chi connectivity index (χ2v) is 4.25. The smallest absolute Gasteiger partial charge is 0.128 e. The van der Waals surface area contributed by atoms with Crippen molar-refractivity contribution in [1.82, 2.24) is 0 Å². The van der Waals surface area contributed by atoms with E-state index in [1.165, 1.54) is 0 Å². The van der Waals surface area contributed by atoms with Crippen LogP contribution in [0.1, 0.15) is 25.1 Å². The summed E-state index contributed by atoms with van der Waals surface area (Å²) in [6.07, 6.45) is 2.63. The molecule has 0 N–H and O–H groups in total. The van der Waals surface area contributed by atoms with E-state index in [9.17, 15) is 0 Å². The summed E-state index contributed by atoms with van der Waals surface area (Å²) in [6, 6.07) is 14.3. The van der Waals surface area contributed by atoms with E-state index in [1.54, 1.807) is 6.26 Å². The Hall–Kier alpha value is -2.03. The average Bonchev–Trinajstić information content (AvgIpc) is 2.98. The van der Waals surface area contributed by atoms with Crippen LogP contribution in [-0.4, -0.2) is 5.71 Å². The molecule has 0 spiro atoms. The molecular formula is C14H14N2O. The van der Waals surface area contributed by atoms with Crippen molar-refractivity contribution in [2.75, 3.05) is 5.01 Å². The van der Waals surface area contributed by atoms with Crippen molar-refractivity contribution in [3.05, 3.63) is 54.5 Å². The molecule has 1 aliphatic rings. The van der Waals surface area contributed by atoms with Gasteiger partial charge in [-0.1, -0.05) is 18.2 Å². The van der Waals surface area contributed by atoms with E-state index in [1.807, 2.05) is 35.3 Å². The largest absolute Gasteiger partial charge is 0.467 e. The van der Waals surface area contributed by atoms with Gasteiger partial charge in [0.15, 0.2) is 0 Å². The molecule has 0 saturated carbocycles. The van der Waals surface area contributed by atoms with E-state index in [2.05, 4.69) is 24.2 Å². The van der Waals surface area contributed by atoms with Gasteiger partial charge in [-0.2, -0.15) is 5.10 Å². The van der Waals surface area contributed by atoms with Crippen molar-refractivity contribution in [3.8, 4) is 0 Å². The van der Waals surface area contributed by atoms with Crippen LogP contribution in [-0.2, 0) is 0 Å². The van der Waals surface area contributed by atoms with Crippen molar-refractivity contribution in [2.24, 2.45) is 5.10 Å². The lowest BCUT2D eigenvalue weighted by Crippen LogP contribution is -2.17. The first-order valence-corrected chi connectivity index (χ1v) is 5.76. The van der Waals surface area contributed by atoms with E-state index in [0.717, 1.165) is 23.6 Å². The first kappa shape index (κ1) is 10.1. The minimum Gasteiger partial charge on any atom is -0.467 e. The number of rotatable bonds is 2. The highest BCUT2D eigenvalue weighted by Gasteiger charge is 2.29. The Bertz CT molecular complexity index is 516. The van der Waals surface area contributed by atoms with E-state index in [4.69, 9.17) is 4.42 Å². The maximum absolute atomic E-state index is 5.50. The van der Waals surface area contributed by atoms with Crippen LogP contribution in [0.5, 0.6) is 0 Å². The fourth-order valence-electron chi connectivity index (χ4n) is 2.18. The molecule has 0 fully saturated rings. The van der Waals surface area contributed by atoms with Crippen LogP contribution in [0.4, 0.5) is 5.69 Å². The Morgan fingerprint density at radius 2 is 2.00 bits per heavy atom. The van der Waals surface area contributed by atoms with Crippen molar-refractivity contribution >= 4 is 11.4 Å². The number of hydrogen-bond acceptors (Lipinski definition) is 3. The Balaban J connectivity index is 1.96. The third-order valence-electron chi connectivity index (χ3n) is 2.95. The molecule has 3 heteroatoms. The Labute approximate surface area is 100 Å². The van der Waals surface area contributed by atoms with Crippen LogP contribution >= 0.6 is 0 Å². The molecule has 0 saturated heterocycles. The van der Waals surface area contributed by atoms with Gasteiger partial charge < -0.3 is 4.42 Å². The average molecular weight is 226 g/mol. The molecule has 1 aliphatic heterocycles. The molecule has 0 unspecified atom stereocenters. The van der Waals surface area contributed by atoms with E-state index >= 15 is 0 Å². The van der Waals surface area contributed by atoms with Gasteiger partial charge in [0.2, 0.25) is 0 Å². The molecule has 0 aliphatic carbocycles. The van der Waals surface area contributed by atoms with Crippen molar-refractivity contribution < 1.29 is 4.42 Å². The first-order chi connectivity index (χ1) is 8.34. The minimum absolute atomic E-state index is 0.187. The van der Waals surface area contributed by atoms with Crippen LogP contribution in [0, 0.1) is 0 Å².